The van der Waals surface area contributed by atoms with Gasteiger partial charge in [-0.1, -0.05) is 30.3 Å². The summed E-state index contributed by atoms with van der Waals surface area (Å²) in [7, 11) is 1.67. The van der Waals surface area contributed by atoms with Crippen molar-refractivity contribution in [1.29, 1.82) is 0 Å². The molecule has 19 heavy (non-hydrogen) atoms. The van der Waals surface area contributed by atoms with E-state index in [2.05, 4.69) is 23.5 Å². The molecule has 0 saturated heterocycles. The summed E-state index contributed by atoms with van der Waals surface area (Å²) in [6, 6.07) is 18.3. The van der Waals surface area contributed by atoms with Gasteiger partial charge in [-0.25, -0.2) is 0 Å². The number of methoxy groups -OCH3 is 1. The van der Waals surface area contributed by atoms with E-state index in [1.807, 2.05) is 36.4 Å². The molecule has 0 spiro atoms. The molecule has 3 nitrogen and oxygen atoms in total. The standard InChI is InChI=1S/C16H19NO2/c1-18-10-11-19-16-9-5-6-14(12-16)13-17-15-7-3-2-4-8-15/h2-9,12,17H,10-11,13H2,1H3. The fourth-order valence-corrected chi connectivity index (χ4v) is 1.75. The highest BCUT2D eigenvalue weighted by Crippen LogP contribution is 2.15. The first-order valence-electron chi connectivity index (χ1n) is 6.38. The van der Waals surface area contributed by atoms with E-state index in [0.29, 0.717) is 13.2 Å². The quantitative estimate of drug-likeness (QED) is 0.772. The molecule has 0 aliphatic carbocycles. The molecule has 0 aliphatic heterocycles. The van der Waals surface area contributed by atoms with Gasteiger partial charge in [0.1, 0.15) is 12.4 Å². The topological polar surface area (TPSA) is 30.5 Å². The molecule has 0 saturated carbocycles. The minimum atomic E-state index is 0.575. The van der Waals surface area contributed by atoms with Crippen molar-refractivity contribution in [2.24, 2.45) is 0 Å². The van der Waals surface area contributed by atoms with Gasteiger partial charge in [0.05, 0.1) is 6.61 Å². The van der Waals surface area contributed by atoms with Crippen LogP contribution < -0.4 is 10.1 Å². The zero-order chi connectivity index (χ0) is 13.3. The summed E-state index contributed by atoms with van der Waals surface area (Å²) >= 11 is 0. The third kappa shape index (κ3) is 4.64. The highest BCUT2D eigenvalue weighted by molar-refractivity contribution is 5.43. The number of hydrogen-bond donors (Lipinski definition) is 1. The minimum absolute atomic E-state index is 0.575. The summed E-state index contributed by atoms with van der Waals surface area (Å²) in [5, 5.41) is 3.38. The molecule has 0 radical (unpaired) electrons. The number of ether oxygens (including phenoxy) is 2. The molecule has 0 bridgehead atoms. The molecular weight excluding hydrogens is 238 g/mol. The number of anilines is 1. The normalized spacial score (nSPS) is 10.2. The first-order chi connectivity index (χ1) is 9.38. The average molecular weight is 257 g/mol. The Bertz CT molecular complexity index is 485. The maximum Gasteiger partial charge on any atom is 0.119 e. The lowest BCUT2D eigenvalue weighted by Crippen LogP contribution is -2.05. The fourth-order valence-electron chi connectivity index (χ4n) is 1.75. The Hall–Kier alpha value is -2.00. The highest BCUT2D eigenvalue weighted by Gasteiger charge is 1.97. The lowest BCUT2D eigenvalue weighted by atomic mass is 10.2. The van der Waals surface area contributed by atoms with Gasteiger partial charge in [-0.3, -0.25) is 0 Å². The summed E-state index contributed by atoms with van der Waals surface area (Å²) < 4.78 is 10.5. The molecule has 2 aromatic rings. The Balaban J connectivity index is 1.88. The van der Waals surface area contributed by atoms with Crippen molar-refractivity contribution in [2.75, 3.05) is 25.6 Å². The Morgan fingerprint density at radius 3 is 2.58 bits per heavy atom. The zero-order valence-electron chi connectivity index (χ0n) is 11.1. The van der Waals surface area contributed by atoms with E-state index < -0.39 is 0 Å². The second-order valence-electron chi connectivity index (χ2n) is 4.21. The monoisotopic (exact) mass is 257 g/mol. The number of nitrogens with one attached hydrogen (secondary N) is 1. The molecule has 0 amide bonds. The van der Waals surface area contributed by atoms with E-state index in [1.165, 1.54) is 5.56 Å². The first-order valence-corrected chi connectivity index (χ1v) is 6.38. The van der Waals surface area contributed by atoms with Crippen molar-refractivity contribution in [1.82, 2.24) is 0 Å². The Kier molecular flexibility index (Phi) is 5.26. The fraction of sp³-hybridized carbons (Fsp3) is 0.250. The average Bonchev–Trinajstić information content (AvgIpc) is 2.47. The van der Waals surface area contributed by atoms with Gasteiger partial charge in [0.15, 0.2) is 0 Å². The van der Waals surface area contributed by atoms with Crippen LogP contribution in [-0.4, -0.2) is 20.3 Å². The number of hydrogen-bond acceptors (Lipinski definition) is 3. The van der Waals surface area contributed by atoms with Crippen LogP contribution in [0.25, 0.3) is 0 Å². The van der Waals surface area contributed by atoms with E-state index in [1.54, 1.807) is 7.11 Å². The van der Waals surface area contributed by atoms with Gasteiger partial charge in [0, 0.05) is 19.3 Å². The van der Waals surface area contributed by atoms with E-state index in [-0.39, 0.29) is 0 Å². The van der Waals surface area contributed by atoms with Gasteiger partial charge >= 0.3 is 0 Å². The van der Waals surface area contributed by atoms with Crippen LogP contribution in [0, 0.1) is 0 Å². The molecule has 0 atom stereocenters. The van der Waals surface area contributed by atoms with Gasteiger partial charge in [-0.05, 0) is 29.8 Å². The van der Waals surface area contributed by atoms with Gasteiger partial charge in [0.25, 0.3) is 0 Å². The zero-order valence-corrected chi connectivity index (χ0v) is 11.1. The molecular formula is C16H19NO2. The van der Waals surface area contributed by atoms with Crippen LogP contribution in [-0.2, 0) is 11.3 Å². The summed E-state index contributed by atoms with van der Waals surface area (Å²) in [6.07, 6.45) is 0. The first kappa shape index (κ1) is 13.4. The lowest BCUT2D eigenvalue weighted by molar-refractivity contribution is 0.146. The molecule has 2 rings (SSSR count). The molecule has 3 heteroatoms. The van der Waals surface area contributed by atoms with Gasteiger partial charge in [-0.2, -0.15) is 0 Å². The number of para-hydroxylation sites is 1. The predicted octanol–water partition coefficient (Wildman–Crippen LogP) is 3.32. The predicted molar refractivity (Wildman–Crippen MR) is 77.6 cm³/mol. The molecule has 0 aliphatic rings. The second kappa shape index (κ2) is 7.44. The molecule has 0 unspecified atom stereocenters. The third-order valence-corrected chi connectivity index (χ3v) is 2.73. The summed E-state index contributed by atoms with van der Waals surface area (Å²) in [5.41, 5.74) is 2.31. The van der Waals surface area contributed by atoms with Crippen molar-refractivity contribution >= 4 is 5.69 Å². The molecule has 100 valence electrons. The van der Waals surface area contributed by atoms with Gasteiger partial charge < -0.3 is 14.8 Å². The lowest BCUT2D eigenvalue weighted by Gasteiger charge is -2.09. The van der Waals surface area contributed by atoms with E-state index in [4.69, 9.17) is 9.47 Å². The van der Waals surface area contributed by atoms with Crippen molar-refractivity contribution in [2.45, 2.75) is 6.54 Å². The maximum absolute atomic E-state index is 5.59. The Morgan fingerprint density at radius 2 is 1.79 bits per heavy atom. The molecule has 0 fully saturated rings. The second-order valence-corrected chi connectivity index (χ2v) is 4.21. The SMILES string of the molecule is COCCOc1cccc(CNc2ccccc2)c1. The molecule has 0 aromatic heterocycles. The van der Waals surface area contributed by atoms with Crippen LogP contribution in [0.15, 0.2) is 54.6 Å². The Morgan fingerprint density at radius 1 is 0.947 bits per heavy atom. The summed E-state index contributed by atoms with van der Waals surface area (Å²) in [5.74, 6) is 0.879. The van der Waals surface area contributed by atoms with Gasteiger partial charge in [0.2, 0.25) is 0 Å². The van der Waals surface area contributed by atoms with Crippen LogP contribution in [0.1, 0.15) is 5.56 Å². The van der Waals surface area contributed by atoms with Crippen LogP contribution in [0.3, 0.4) is 0 Å². The van der Waals surface area contributed by atoms with Crippen LogP contribution in [0.4, 0.5) is 5.69 Å². The van der Waals surface area contributed by atoms with Gasteiger partial charge in [-0.15, -0.1) is 0 Å². The third-order valence-electron chi connectivity index (χ3n) is 2.73. The molecule has 0 heterocycles. The van der Waals surface area contributed by atoms with Crippen LogP contribution in [0.2, 0.25) is 0 Å². The Labute approximate surface area is 114 Å². The summed E-state index contributed by atoms with van der Waals surface area (Å²) in [4.78, 5) is 0. The largest absolute Gasteiger partial charge is 0.491 e. The van der Waals surface area contributed by atoms with Crippen LogP contribution >= 0.6 is 0 Å². The van der Waals surface area contributed by atoms with Crippen molar-refractivity contribution in [3.05, 3.63) is 60.2 Å². The van der Waals surface area contributed by atoms with Crippen molar-refractivity contribution in [3.63, 3.8) is 0 Å². The molecule has 1 N–H and O–H groups in total. The number of rotatable bonds is 7. The van der Waals surface area contributed by atoms with Crippen molar-refractivity contribution in [3.8, 4) is 5.75 Å². The number of benzene rings is 2. The van der Waals surface area contributed by atoms with E-state index in [9.17, 15) is 0 Å². The van der Waals surface area contributed by atoms with E-state index >= 15 is 0 Å². The molecule has 2 aromatic carbocycles. The maximum atomic E-state index is 5.59. The van der Waals surface area contributed by atoms with Crippen molar-refractivity contribution < 1.29 is 9.47 Å². The smallest absolute Gasteiger partial charge is 0.119 e. The minimum Gasteiger partial charge on any atom is -0.491 e. The summed E-state index contributed by atoms with van der Waals surface area (Å²) in [6.45, 7) is 1.96. The highest BCUT2D eigenvalue weighted by atomic mass is 16.5. The van der Waals surface area contributed by atoms with Crippen LogP contribution in [0.5, 0.6) is 5.75 Å². The van der Waals surface area contributed by atoms with E-state index in [0.717, 1.165) is 18.0 Å².